The molecule has 0 saturated carbocycles. The van der Waals surface area contributed by atoms with E-state index >= 15 is 0 Å². The van der Waals surface area contributed by atoms with Gasteiger partial charge in [0.15, 0.2) is 5.78 Å². The number of carbonyl (C=O) groups is 2. The minimum atomic E-state index is -0.645. The average Bonchev–Trinajstić information content (AvgIpc) is 2.76. The van der Waals surface area contributed by atoms with Gasteiger partial charge in [-0.3, -0.25) is 14.5 Å². The highest BCUT2D eigenvalue weighted by molar-refractivity contribution is 5.97. The molecule has 0 unspecified atom stereocenters. The molecule has 3 aromatic carbocycles. The van der Waals surface area contributed by atoms with Crippen molar-refractivity contribution in [2.24, 2.45) is 5.73 Å². The largest absolute Gasteiger partial charge is 0.507 e. The highest BCUT2D eigenvalue weighted by Gasteiger charge is 2.14. The lowest BCUT2D eigenvalue weighted by Gasteiger charge is -2.22. The summed E-state index contributed by atoms with van der Waals surface area (Å²) < 4.78 is 0. The van der Waals surface area contributed by atoms with Crippen LogP contribution in [0.4, 0.5) is 0 Å². The van der Waals surface area contributed by atoms with Crippen molar-refractivity contribution in [3.05, 3.63) is 101 Å². The summed E-state index contributed by atoms with van der Waals surface area (Å²) in [6, 6.07) is 24.3. The molecule has 0 aromatic heterocycles. The molecule has 30 heavy (non-hydrogen) atoms. The van der Waals surface area contributed by atoms with E-state index in [2.05, 4.69) is 17.0 Å². The molecule has 0 heterocycles. The van der Waals surface area contributed by atoms with Gasteiger partial charge in [0.25, 0.3) is 5.91 Å². The quantitative estimate of drug-likeness (QED) is 0.505. The molecule has 0 radical (unpaired) electrons. The zero-order valence-electron chi connectivity index (χ0n) is 16.8. The van der Waals surface area contributed by atoms with Crippen molar-refractivity contribution in [1.29, 1.82) is 0 Å². The minimum Gasteiger partial charge on any atom is -0.507 e. The van der Waals surface area contributed by atoms with Gasteiger partial charge in [-0.25, -0.2) is 0 Å². The van der Waals surface area contributed by atoms with Crippen LogP contribution in [-0.4, -0.2) is 34.8 Å². The van der Waals surface area contributed by atoms with Gasteiger partial charge in [0.2, 0.25) is 0 Å². The molecule has 3 rings (SSSR count). The Bertz CT molecular complexity index is 988. The van der Waals surface area contributed by atoms with Crippen LogP contribution in [0.2, 0.25) is 0 Å². The van der Waals surface area contributed by atoms with Crippen molar-refractivity contribution in [3.63, 3.8) is 0 Å². The lowest BCUT2D eigenvalue weighted by molar-refractivity contribution is 0.0923. The number of carbonyl (C=O) groups excluding carboxylic acids is 2. The molecule has 1 amide bonds. The third-order valence-corrected chi connectivity index (χ3v) is 4.98. The summed E-state index contributed by atoms with van der Waals surface area (Å²) in [6.07, 6.45) is 1.52. The number of aromatic hydroxyl groups is 1. The summed E-state index contributed by atoms with van der Waals surface area (Å²) in [4.78, 5) is 26.3. The van der Waals surface area contributed by atoms with Crippen molar-refractivity contribution in [1.82, 2.24) is 4.90 Å². The molecular formula is C25H26N2O3. The number of Topliss-reactive ketones (excluding diaryl/α,β-unsaturated/α-hetero) is 1. The Morgan fingerprint density at radius 1 is 0.867 bits per heavy atom. The summed E-state index contributed by atoms with van der Waals surface area (Å²) in [5.74, 6) is -0.661. The maximum Gasteiger partial charge on any atom is 0.252 e. The van der Waals surface area contributed by atoms with Crippen LogP contribution in [0.1, 0.15) is 38.3 Å². The number of nitrogens with two attached hydrogens (primary N) is 1. The molecule has 5 nitrogen and oxygen atoms in total. The topological polar surface area (TPSA) is 83.6 Å². The van der Waals surface area contributed by atoms with Crippen LogP contribution in [0, 0.1) is 0 Å². The first-order chi connectivity index (χ1) is 14.5. The Morgan fingerprint density at radius 2 is 1.53 bits per heavy atom. The molecular weight excluding hydrogens is 376 g/mol. The van der Waals surface area contributed by atoms with E-state index in [9.17, 15) is 14.7 Å². The van der Waals surface area contributed by atoms with Crippen molar-refractivity contribution < 1.29 is 14.7 Å². The van der Waals surface area contributed by atoms with Crippen LogP contribution < -0.4 is 5.73 Å². The van der Waals surface area contributed by atoms with Gasteiger partial charge in [-0.05, 0) is 42.6 Å². The predicted octanol–water partition coefficient (Wildman–Crippen LogP) is 3.81. The van der Waals surface area contributed by atoms with Crippen molar-refractivity contribution in [3.8, 4) is 5.75 Å². The van der Waals surface area contributed by atoms with Crippen LogP contribution in [0.25, 0.3) is 0 Å². The Morgan fingerprint density at radius 3 is 2.20 bits per heavy atom. The Labute approximate surface area is 176 Å². The maximum absolute atomic E-state index is 12.7. The number of primary amides is 1. The van der Waals surface area contributed by atoms with E-state index in [0.717, 1.165) is 24.1 Å². The van der Waals surface area contributed by atoms with Crippen LogP contribution in [0.5, 0.6) is 5.75 Å². The molecule has 0 aliphatic carbocycles. The van der Waals surface area contributed by atoms with Gasteiger partial charge < -0.3 is 10.8 Å². The fourth-order valence-corrected chi connectivity index (χ4v) is 3.42. The minimum absolute atomic E-state index is 0.0900. The fourth-order valence-electron chi connectivity index (χ4n) is 3.42. The maximum atomic E-state index is 12.7. The first kappa shape index (κ1) is 21.3. The monoisotopic (exact) mass is 402 g/mol. The van der Waals surface area contributed by atoms with E-state index < -0.39 is 5.91 Å². The van der Waals surface area contributed by atoms with E-state index in [1.165, 1.54) is 6.07 Å². The molecule has 3 N–H and O–H groups in total. The second-order valence-corrected chi connectivity index (χ2v) is 7.30. The predicted molar refractivity (Wildman–Crippen MR) is 117 cm³/mol. The number of hydrogen-bond acceptors (Lipinski definition) is 4. The summed E-state index contributed by atoms with van der Waals surface area (Å²) >= 11 is 0. The van der Waals surface area contributed by atoms with E-state index in [0.29, 0.717) is 25.1 Å². The fraction of sp³-hybridized carbons (Fsp3) is 0.200. The van der Waals surface area contributed by atoms with Gasteiger partial charge in [0.1, 0.15) is 5.75 Å². The van der Waals surface area contributed by atoms with Crippen LogP contribution in [-0.2, 0) is 13.0 Å². The summed E-state index contributed by atoms with van der Waals surface area (Å²) in [5.41, 5.74) is 8.23. The second-order valence-electron chi connectivity index (χ2n) is 7.30. The Kier molecular flexibility index (Phi) is 7.35. The summed E-state index contributed by atoms with van der Waals surface area (Å²) in [6.45, 7) is 1.74. The number of amides is 1. The van der Waals surface area contributed by atoms with E-state index in [1.54, 1.807) is 12.1 Å². The highest BCUT2D eigenvalue weighted by Crippen LogP contribution is 2.19. The molecule has 0 spiro atoms. The standard InChI is InChI=1S/C25H26N2O3/c26-25(30)22-16-19(13-14-23(22)28)10-7-15-27(17-20-8-3-1-4-9-20)18-24(29)21-11-5-2-6-12-21/h1-6,8-9,11-14,16,28H,7,10,15,17-18H2,(H2,26,30). The number of rotatable bonds is 10. The third kappa shape index (κ3) is 6.03. The Hall–Kier alpha value is -3.44. The van der Waals surface area contributed by atoms with Crippen LogP contribution in [0.3, 0.4) is 0 Å². The summed E-state index contributed by atoms with van der Waals surface area (Å²) in [7, 11) is 0. The lowest BCUT2D eigenvalue weighted by atomic mass is 10.0. The molecule has 0 fully saturated rings. The number of nitrogens with zero attached hydrogens (tertiary/aromatic N) is 1. The number of hydrogen-bond donors (Lipinski definition) is 2. The van der Waals surface area contributed by atoms with Crippen molar-refractivity contribution in [2.75, 3.05) is 13.1 Å². The van der Waals surface area contributed by atoms with Gasteiger partial charge >= 0.3 is 0 Å². The number of ketones is 1. The number of phenols is 1. The molecule has 0 aliphatic rings. The van der Waals surface area contributed by atoms with Gasteiger partial charge in [-0.1, -0.05) is 66.7 Å². The Balaban J connectivity index is 1.65. The molecule has 5 heteroatoms. The van der Waals surface area contributed by atoms with E-state index in [-0.39, 0.29) is 17.1 Å². The average molecular weight is 402 g/mol. The second kappa shape index (κ2) is 10.4. The van der Waals surface area contributed by atoms with Crippen LogP contribution in [0.15, 0.2) is 78.9 Å². The molecule has 0 atom stereocenters. The molecule has 0 bridgehead atoms. The lowest BCUT2D eigenvalue weighted by Crippen LogP contribution is -2.30. The molecule has 0 saturated heterocycles. The zero-order valence-corrected chi connectivity index (χ0v) is 16.8. The first-order valence-corrected chi connectivity index (χ1v) is 9.99. The van der Waals surface area contributed by atoms with Gasteiger partial charge in [0.05, 0.1) is 12.1 Å². The van der Waals surface area contributed by atoms with Gasteiger partial charge in [-0.15, -0.1) is 0 Å². The van der Waals surface area contributed by atoms with Crippen molar-refractivity contribution >= 4 is 11.7 Å². The zero-order chi connectivity index (χ0) is 21.3. The van der Waals surface area contributed by atoms with Gasteiger partial charge in [-0.2, -0.15) is 0 Å². The third-order valence-electron chi connectivity index (χ3n) is 4.98. The van der Waals surface area contributed by atoms with E-state index in [4.69, 9.17) is 5.73 Å². The first-order valence-electron chi connectivity index (χ1n) is 9.99. The highest BCUT2D eigenvalue weighted by atomic mass is 16.3. The molecule has 3 aromatic rings. The number of benzene rings is 3. The van der Waals surface area contributed by atoms with E-state index in [1.807, 2.05) is 48.5 Å². The number of aryl methyl sites for hydroxylation is 1. The SMILES string of the molecule is NC(=O)c1cc(CCCN(CC(=O)c2ccccc2)Cc2ccccc2)ccc1O. The molecule has 154 valence electrons. The smallest absolute Gasteiger partial charge is 0.252 e. The van der Waals surface area contributed by atoms with Gasteiger partial charge in [0, 0.05) is 12.1 Å². The molecule has 0 aliphatic heterocycles. The normalized spacial score (nSPS) is 10.8. The van der Waals surface area contributed by atoms with Crippen molar-refractivity contribution in [2.45, 2.75) is 19.4 Å². The van der Waals surface area contributed by atoms with Crippen LogP contribution >= 0.6 is 0 Å². The summed E-state index contributed by atoms with van der Waals surface area (Å²) in [5, 5.41) is 9.74.